The van der Waals surface area contributed by atoms with Crippen LogP contribution in [0.15, 0.2) is 46.2 Å². The van der Waals surface area contributed by atoms with Crippen molar-refractivity contribution in [3.8, 4) is 0 Å². The molecule has 0 radical (unpaired) electrons. The Balaban J connectivity index is 1.63. The molecule has 0 N–H and O–H groups in total. The molecule has 0 saturated heterocycles. The number of hydrogen-bond acceptors (Lipinski definition) is 4. The van der Waals surface area contributed by atoms with Crippen molar-refractivity contribution in [2.24, 2.45) is 11.8 Å². The molecule has 2 aliphatic carbocycles. The fourth-order valence-corrected chi connectivity index (χ4v) is 4.88. The maximum absolute atomic E-state index is 12.7. The summed E-state index contributed by atoms with van der Waals surface area (Å²) in [7, 11) is 0. The van der Waals surface area contributed by atoms with Gasteiger partial charge in [0.05, 0.1) is 0 Å². The number of carbonyl (C=O) groups is 2. The van der Waals surface area contributed by atoms with Crippen molar-refractivity contribution in [1.82, 2.24) is 0 Å². The van der Waals surface area contributed by atoms with E-state index in [0.29, 0.717) is 12.8 Å². The molecule has 0 unspecified atom stereocenters. The number of fused-ring (bicyclic) bond motifs is 2. The summed E-state index contributed by atoms with van der Waals surface area (Å²) in [6, 6.07) is 8.00. The van der Waals surface area contributed by atoms with Crippen LogP contribution in [0.5, 0.6) is 0 Å². The van der Waals surface area contributed by atoms with Crippen LogP contribution in [0.25, 0.3) is 12.2 Å². The van der Waals surface area contributed by atoms with E-state index >= 15 is 0 Å². The van der Waals surface area contributed by atoms with Gasteiger partial charge in [0, 0.05) is 21.6 Å². The van der Waals surface area contributed by atoms with Crippen LogP contribution in [0.3, 0.4) is 0 Å². The molecule has 2 heterocycles. The Morgan fingerprint density at radius 2 is 1.30 bits per heavy atom. The lowest BCUT2D eigenvalue weighted by atomic mass is 9.67. The zero-order valence-electron chi connectivity index (χ0n) is 12.5. The fraction of sp³-hybridized carbons (Fsp3) is 0.263. The topological polar surface area (TPSA) is 34.1 Å². The molecule has 0 spiro atoms. The molecule has 2 nitrogen and oxygen atoms in total. The number of hydrogen-bond donors (Lipinski definition) is 0. The van der Waals surface area contributed by atoms with Crippen LogP contribution in [0.4, 0.5) is 0 Å². The van der Waals surface area contributed by atoms with Crippen LogP contribution in [0, 0.1) is 11.8 Å². The second kappa shape index (κ2) is 6.02. The van der Waals surface area contributed by atoms with Gasteiger partial charge in [-0.05, 0) is 65.5 Å². The third-order valence-corrected chi connectivity index (χ3v) is 6.23. The normalized spacial score (nSPS) is 27.8. The van der Waals surface area contributed by atoms with Crippen molar-refractivity contribution < 1.29 is 9.59 Å². The van der Waals surface area contributed by atoms with Crippen LogP contribution < -0.4 is 0 Å². The van der Waals surface area contributed by atoms with Gasteiger partial charge in [0.25, 0.3) is 0 Å². The molecule has 0 aliphatic heterocycles. The van der Waals surface area contributed by atoms with Crippen LogP contribution in [0.2, 0.25) is 0 Å². The molecular weight excluding hydrogens is 324 g/mol. The Hall–Kier alpha value is -1.78. The Morgan fingerprint density at radius 3 is 1.70 bits per heavy atom. The van der Waals surface area contributed by atoms with Gasteiger partial charge in [-0.3, -0.25) is 9.59 Å². The minimum absolute atomic E-state index is 0.0242. The highest BCUT2D eigenvalue weighted by Crippen LogP contribution is 2.42. The second-order valence-electron chi connectivity index (χ2n) is 6.14. The van der Waals surface area contributed by atoms with E-state index in [1.807, 2.05) is 47.2 Å². The van der Waals surface area contributed by atoms with E-state index in [1.165, 1.54) is 0 Å². The summed E-state index contributed by atoms with van der Waals surface area (Å²) in [5.74, 6) is 0.422. The van der Waals surface area contributed by atoms with Gasteiger partial charge in [-0.25, -0.2) is 0 Å². The summed E-state index contributed by atoms with van der Waals surface area (Å²) in [6.45, 7) is 0. The van der Waals surface area contributed by atoms with Gasteiger partial charge in [0.2, 0.25) is 0 Å². The zero-order valence-corrected chi connectivity index (χ0v) is 14.2. The SMILES string of the molecule is O=C1C(=Cc2cccs2)C[C@H]2C[C@@H]1C/C(=C\c1cccs1)C2=O. The van der Waals surface area contributed by atoms with Crippen LogP contribution in [0.1, 0.15) is 29.0 Å². The molecule has 2 fully saturated rings. The minimum atomic E-state index is -0.0242. The first-order valence-electron chi connectivity index (χ1n) is 7.77. The summed E-state index contributed by atoms with van der Waals surface area (Å²) in [6.07, 6.45) is 5.86. The lowest BCUT2D eigenvalue weighted by Gasteiger charge is -2.35. The molecule has 0 aromatic carbocycles. The van der Waals surface area contributed by atoms with Crippen molar-refractivity contribution in [1.29, 1.82) is 0 Å². The summed E-state index contributed by atoms with van der Waals surface area (Å²) < 4.78 is 0. The maximum atomic E-state index is 12.7. The van der Waals surface area contributed by atoms with Gasteiger partial charge < -0.3 is 0 Å². The monoisotopic (exact) mass is 340 g/mol. The van der Waals surface area contributed by atoms with Gasteiger partial charge in [-0.2, -0.15) is 0 Å². The van der Waals surface area contributed by atoms with Gasteiger partial charge >= 0.3 is 0 Å². The van der Waals surface area contributed by atoms with E-state index < -0.39 is 0 Å². The number of carbonyl (C=O) groups excluding carboxylic acids is 2. The van der Waals surface area contributed by atoms with Crippen molar-refractivity contribution in [2.45, 2.75) is 19.3 Å². The number of allylic oxidation sites excluding steroid dienone is 2. The molecule has 2 bridgehead atoms. The van der Waals surface area contributed by atoms with Gasteiger partial charge in [0.15, 0.2) is 11.6 Å². The maximum Gasteiger partial charge on any atom is 0.162 e. The number of thiophene rings is 2. The Morgan fingerprint density at radius 1 is 0.826 bits per heavy atom. The van der Waals surface area contributed by atoms with E-state index in [4.69, 9.17) is 0 Å². The lowest BCUT2D eigenvalue weighted by molar-refractivity contribution is -0.127. The largest absolute Gasteiger partial charge is 0.294 e. The van der Waals surface area contributed by atoms with Gasteiger partial charge in [-0.15, -0.1) is 22.7 Å². The van der Waals surface area contributed by atoms with Gasteiger partial charge in [0.1, 0.15) is 0 Å². The molecule has 2 aromatic rings. The van der Waals surface area contributed by atoms with Crippen molar-refractivity contribution in [3.05, 3.63) is 55.9 Å². The Bertz CT molecular complexity index is 726. The highest BCUT2D eigenvalue weighted by atomic mass is 32.1. The molecule has 0 amide bonds. The van der Waals surface area contributed by atoms with E-state index in [2.05, 4.69) is 0 Å². The minimum Gasteiger partial charge on any atom is -0.294 e. The van der Waals surface area contributed by atoms with Crippen molar-refractivity contribution in [2.75, 3.05) is 0 Å². The Labute approximate surface area is 143 Å². The number of ketones is 2. The summed E-state index contributed by atoms with van der Waals surface area (Å²) in [5.41, 5.74) is 1.66. The summed E-state index contributed by atoms with van der Waals surface area (Å²) >= 11 is 3.25. The molecule has 2 saturated carbocycles. The van der Waals surface area contributed by atoms with E-state index in [0.717, 1.165) is 27.3 Å². The fourth-order valence-electron chi connectivity index (χ4n) is 3.52. The molecule has 116 valence electrons. The molecule has 2 aromatic heterocycles. The third-order valence-electron chi connectivity index (χ3n) is 4.60. The summed E-state index contributed by atoms with van der Waals surface area (Å²) in [5, 5.41) is 4.01. The zero-order chi connectivity index (χ0) is 15.8. The predicted molar refractivity (Wildman–Crippen MR) is 95.4 cm³/mol. The highest BCUT2D eigenvalue weighted by Gasteiger charge is 2.41. The van der Waals surface area contributed by atoms with E-state index in [9.17, 15) is 9.59 Å². The third kappa shape index (κ3) is 2.89. The molecule has 2 atom stereocenters. The number of rotatable bonds is 2. The molecule has 2 aliphatic rings. The summed E-state index contributed by atoms with van der Waals surface area (Å²) in [4.78, 5) is 27.6. The lowest BCUT2D eigenvalue weighted by Crippen LogP contribution is -2.37. The second-order valence-corrected chi connectivity index (χ2v) is 8.09. The first-order chi connectivity index (χ1) is 11.2. The van der Waals surface area contributed by atoms with Crippen LogP contribution in [-0.2, 0) is 9.59 Å². The smallest absolute Gasteiger partial charge is 0.162 e. The average molecular weight is 340 g/mol. The first-order valence-corrected chi connectivity index (χ1v) is 9.53. The molecule has 4 rings (SSSR count). The van der Waals surface area contributed by atoms with Crippen molar-refractivity contribution >= 4 is 46.4 Å². The van der Waals surface area contributed by atoms with Crippen molar-refractivity contribution in [3.63, 3.8) is 0 Å². The Kier molecular flexibility index (Phi) is 3.87. The number of Topliss-reactive ketones (excluding diaryl/α,β-unsaturated/α-hetero) is 2. The standard InChI is InChI=1S/C19H16O2S2/c20-18-13-7-12(8-14(18)10-16-3-1-5-22-16)19(21)15(9-13)11-17-4-2-6-23-17/h1-6,10-13H,7-9H2/b14-10+,15-11?/t12-,13-/m1/s1. The van der Waals surface area contributed by atoms with E-state index in [-0.39, 0.29) is 23.4 Å². The quantitative estimate of drug-likeness (QED) is 0.733. The van der Waals surface area contributed by atoms with E-state index in [1.54, 1.807) is 22.7 Å². The van der Waals surface area contributed by atoms with Gasteiger partial charge in [-0.1, -0.05) is 12.1 Å². The first kappa shape index (κ1) is 14.8. The highest BCUT2D eigenvalue weighted by molar-refractivity contribution is 7.11. The van der Waals surface area contributed by atoms with Crippen LogP contribution >= 0.6 is 22.7 Å². The predicted octanol–water partition coefficient (Wildman–Crippen LogP) is 4.84. The average Bonchev–Trinajstić information content (AvgIpc) is 3.22. The molecule has 23 heavy (non-hydrogen) atoms. The molecule has 4 heteroatoms. The van der Waals surface area contributed by atoms with Crippen LogP contribution in [-0.4, -0.2) is 11.6 Å². The molecular formula is C19H16O2S2.